The van der Waals surface area contributed by atoms with E-state index in [2.05, 4.69) is 0 Å². The Hall–Kier alpha value is -1.70. The van der Waals surface area contributed by atoms with Crippen molar-refractivity contribution in [3.63, 3.8) is 0 Å². The van der Waals surface area contributed by atoms with Crippen molar-refractivity contribution < 1.29 is 26.7 Å². The molecule has 1 aromatic rings. The molecule has 8 heteroatoms. The van der Waals surface area contributed by atoms with Gasteiger partial charge in [0.15, 0.2) is 23.3 Å². The van der Waals surface area contributed by atoms with Crippen molar-refractivity contribution in [2.75, 3.05) is 6.54 Å². The average Bonchev–Trinajstić information content (AvgIpc) is 2.43. The van der Waals surface area contributed by atoms with Crippen LogP contribution in [0.25, 0.3) is 0 Å². The molecule has 3 nitrogen and oxygen atoms in total. The fourth-order valence-electron chi connectivity index (χ4n) is 2.45. The van der Waals surface area contributed by atoms with Crippen molar-refractivity contribution in [2.45, 2.75) is 31.8 Å². The monoisotopic (exact) mass is 308 g/mol. The molecule has 1 aliphatic heterocycles. The highest BCUT2D eigenvalue weighted by Gasteiger charge is 2.35. The van der Waals surface area contributed by atoms with Crippen molar-refractivity contribution in [1.29, 1.82) is 0 Å². The summed E-state index contributed by atoms with van der Waals surface area (Å²) in [7, 11) is 0. The van der Waals surface area contributed by atoms with Crippen LogP contribution in [0.1, 0.15) is 30.1 Å². The molecule has 1 fully saturated rings. The van der Waals surface area contributed by atoms with E-state index in [4.69, 9.17) is 5.73 Å². The molecule has 1 aromatic carbocycles. The number of benzene rings is 1. The van der Waals surface area contributed by atoms with E-state index in [1.165, 1.54) is 0 Å². The van der Waals surface area contributed by atoms with Crippen LogP contribution in [0.4, 0.5) is 22.0 Å². The maximum Gasteiger partial charge on any atom is 0.260 e. The molecular formula is C13H13F5N2O. The molecule has 0 aliphatic carbocycles. The van der Waals surface area contributed by atoms with Gasteiger partial charge in [0, 0.05) is 18.6 Å². The topological polar surface area (TPSA) is 46.3 Å². The van der Waals surface area contributed by atoms with Crippen molar-refractivity contribution in [3.05, 3.63) is 34.6 Å². The van der Waals surface area contributed by atoms with Crippen LogP contribution >= 0.6 is 0 Å². The van der Waals surface area contributed by atoms with Crippen molar-refractivity contribution in [3.8, 4) is 0 Å². The summed E-state index contributed by atoms with van der Waals surface area (Å²) in [6, 6.07) is -0.614. The largest absolute Gasteiger partial charge is 0.336 e. The van der Waals surface area contributed by atoms with Gasteiger partial charge in [0.2, 0.25) is 5.82 Å². The number of amides is 1. The predicted octanol–water partition coefficient (Wildman–Crippen LogP) is 2.33. The van der Waals surface area contributed by atoms with Crippen LogP contribution in [0.5, 0.6) is 0 Å². The zero-order valence-corrected chi connectivity index (χ0v) is 11.1. The minimum absolute atomic E-state index is 0.0979. The second kappa shape index (κ2) is 5.59. The maximum absolute atomic E-state index is 13.6. The lowest BCUT2D eigenvalue weighted by atomic mass is 9.98. The number of carbonyl (C=O) groups excluding carboxylic acids is 1. The molecule has 1 aliphatic rings. The Morgan fingerprint density at radius 2 is 1.52 bits per heavy atom. The number of nitrogens with zero attached hydrogens (tertiary/aromatic N) is 1. The summed E-state index contributed by atoms with van der Waals surface area (Å²) in [5.41, 5.74) is 4.28. The number of likely N-dealkylation sites (tertiary alicyclic amines) is 1. The first-order valence-corrected chi connectivity index (χ1v) is 6.33. The van der Waals surface area contributed by atoms with Crippen LogP contribution in [0.2, 0.25) is 0 Å². The highest BCUT2D eigenvalue weighted by Crippen LogP contribution is 2.26. The standard InChI is InChI=1S/C13H13F5N2O/c1-5-4-6(19)2-3-20(5)13(21)7-8(14)10(16)12(18)11(17)9(7)15/h5-6H,2-4,19H2,1H3. The summed E-state index contributed by atoms with van der Waals surface area (Å²) < 4.78 is 66.5. The summed E-state index contributed by atoms with van der Waals surface area (Å²) in [5, 5.41) is 0. The SMILES string of the molecule is CC1CC(N)CCN1C(=O)c1c(F)c(F)c(F)c(F)c1F. The number of hydrogen-bond donors (Lipinski definition) is 1. The quantitative estimate of drug-likeness (QED) is 0.492. The number of nitrogens with two attached hydrogens (primary N) is 1. The Balaban J connectivity index is 2.45. The minimum Gasteiger partial charge on any atom is -0.336 e. The number of rotatable bonds is 1. The minimum atomic E-state index is -2.28. The molecule has 1 amide bonds. The van der Waals surface area contributed by atoms with E-state index in [1.807, 2.05) is 0 Å². The zero-order valence-electron chi connectivity index (χ0n) is 11.1. The first kappa shape index (κ1) is 15.7. The lowest BCUT2D eigenvalue weighted by Crippen LogP contribution is -2.48. The van der Waals surface area contributed by atoms with Crippen LogP contribution < -0.4 is 5.73 Å². The first-order valence-electron chi connectivity index (χ1n) is 6.33. The van der Waals surface area contributed by atoms with Gasteiger partial charge in [-0.15, -0.1) is 0 Å². The van der Waals surface area contributed by atoms with Gasteiger partial charge < -0.3 is 10.6 Å². The Morgan fingerprint density at radius 3 is 2.00 bits per heavy atom. The van der Waals surface area contributed by atoms with Gasteiger partial charge in [-0.3, -0.25) is 4.79 Å². The molecule has 2 atom stereocenters. The summed E-state index contributed by atoms with van der Waals surface area (Å²) in [5.74, 6) is -12.0. The van der Waals surface area contributed by atoms with Crippen LogP contribution in [-0.4, -0.2) is 29.4 Å². The molecule has 0 radical (unpaired) electrons. The fraction of sp³-hybridized carbons (Fsp3) is 0.462. The molecule has 1 heterocycles. The number of piperidine rings is 1. The van der Waals surface area contributed by atoms with Gasteiger partial charge in [0.1, 0.15) is 5.56 Å². The third-order valence-electron chi connectivity index (χ3n) is 3.60. The van der Waals surface area contributed by atoms with E-state index in [0.29, 0.717) is 12.8 Å². The van der Waals surface area contributed by atoms with E-state index < -0.39 is 46.6 Å². The molecule has 0 saturated carbocycles. The second-order valence-corrected chi connectivity index (χ2v) is 5.08. The zero-order chi connectivity index (χ0) is 15.9. The van der Waals surface area contributed by atoms with Gasteiger partial charge in [0.25, 0.3) is 5.91 Å². The lowest BCUT2D eigenvalue weighted by molar-refractivity contribution is 0.0605. The molecule has 2 unspecified atom stereocenters. The Labute approximate surface area is 117 Å². The van der Waals surface area contributed by atoms with Gasteiger partial charge >= 0.3 is 0 Å². The molecule has 0 aromatic heterocycles. The smallest absolute Gasteiger partial charge is 0.260 e. The van der Waals surface area contributed by atoms with E-state index in [1.54, 1.807) is 6.92 Å². The van der Waals surface area contributed by atoms with Gasteiger partial charge in [-0.05, 0) is 19.8 Å². The predicted molar refractivity (Wildman–Crippen MR) is 63.9 cm³/mol. The summed E-state index contributed by atoms with van der Waals surface area (Å²) in [6.07, 6.45) is 0.784. The molecular weight excluding hydrogens is 295 g/mol. The second-order valence-electron chi connectivity index (χ2n) is 5.08. The van der Waals surface area contributed by atoms with E-state index in [0.717, 1.165) is 4.90 Å². The molecule has 21 heavy (non-hydrogen) atoms. The molecule has 2 rings (SSSR count). The highest BCUT2D eigenvalue weighted by molar-refractivity contribution is 5.95. The van der Waals surface area contributed by atoms with Crippen molar-refractivity contribution in [2.24, 2.45) is 5.73 Å². The average molecular weight is 308 g/mol. The van der Waals surface area contributed by atoms with Gasteiger partial charge in [-0.25, -0.2) is 22.0 Å². The third-order valence-corrected chi connectivity index (χ3v) is 3.60. The molecule has 2 N–H and O–H groups in total. The van der Waals surface area contributed by atoms with Gasteiger partial charge in [-0.2, -0.15) is 0 Å². The van der Waals surface area contributed by atoms with Crippen LogP contribution in [-0.2, 0) is 0 Å². The van der Waals surface area contributed by atoms with Crippen LogP contribution in [0.15, 0.2) is 0 Å². The van der Waals surface area contributed by atoms with E-state index in [-0.39, 0.29) is 12.6 Å². The maximum atomic E-state index is 13.6. The summed E-state index contributed by atoms with van der Waals surface area (Å²) in [6.45, 7) is 1.70. The molecule has 0 spiro atoms. The van der Waals surface area contributed by atoms with Crippen molar-refractivity contribution >= 4 is 5.91 Å². The number of carbonyl (C=O) groups is 1. The van der Waals surface area contributed by atoms with Gasteiger partial charge in [0.05, 0.1) is 0 Å². The molecule has 0 bridgehead atoms. The fourth-order valence-corrected chi connectivity index (χ4v) is 2.45. The Bertz CT molecular complexity index is 563. The summed E-state index contributed by atoms with van der Waals surface area (Å²) in [4.78, 5) is 13.2. The summed E-state index contributed by atoms with van der Waals surface area (Å²) >= 11 is 0. The number of halogens is 5. The van der Waals surface area contributed by atoms with Crippen LogP contribution in [0, 0.1) is 29.1 Å². The van der Waals surface area contributed by atoms with E-state index in [9.17, 15) is 26.7 Å². The van der Waals surface area contributed by atoms with Gasteiger partial charge in [-0.1, -0.05) is 0 Å². The molecule has 116 valence electrons. The first-order chi connectivity index (χ1) is 9.75. The van der Waals surface area contributed by atoms with Crippen molar-refractivity contribution in [1.82, 2.24) is 4.90 Å². The number of hydrogen-bond acceptors (Lipinski definition) is 2. The van der Waals surface area contributed by atoms with E-state index >= 15 is 0 Å². The normalized spacial score (nSPS) is 22.5. The lowest BCUT2D eigenvalue weighted by Gasteiger charge is -2.36. The highest BCUT2D eigenvalue weighted by atomic mass is 19.2. The molecule has 1 saturated heterocycles. The third kappa shape index (κ3) is 2.59. The van der Waals surface area contributed by atoms with Crippen LogP contribution in [0.3, 0.4) is 0 Å². The Morgan fingerprint density at radius 1 is 1.05 bits per heavy atom. The Kier molecular flexibility index (Phi) is 4.18.